The number of nitro benzene ring substituents is 1. The molecule has 0 radical (unpaired) electrons. The maximum absolute atomic E-state index is 12.5. The monoisotopic (exact) mass is 448 g/mol. The topological polar surface area (TPSA) is 113 Å². The lowest BCUT2D eigenvalue weighted by molar-refractivity contribution is -0.384. The summed E-state index contributed by atoms with van der Waals surface area (Å²) >= 11 is 0. The van der Waals surface area contributed by atoms with Gasteiger partial charge in [0.25, 0.3) is 5.69 Å². The molecule has 31 heavy (non-hydrogen) atoms. The Morgan fingerprint density at radius 1 is 1.10 bits per heavy atom. The lowest BCUT2D eigenvalue weighted by Gasteiger charge is -2.23. The zero-order valence-corrected chi connectivity index (χ0v) is 19.0. The van der Waals surface area contributed by atoms with Crippen LogP contribution in [0.5, 0.6) is 0 Å². The van der Waals surface area contributed by atoms with Gasteiger partial charge in [0.1, 0.15) is 6.54 Å². The van der Waals surface area contributed by atoms with Crippen LogP contribution in [0.2, 0.25) is 0 Å². The smallest absolute Gasteiger partial charge is 0.271 e. The number of anilines is 2. The minimum Gasteiger partial charge on any atom is -0.372 e. The average Bonchev–Trinajstić information content (AvgIpc) is 2.72. The summed E-state index contributed by atoms with van der Waals surface area (Å²) in [5, 5.41) is 13.8. The molecular weight excluding hydrogens is 420 g/mol. The normalized spacial score (nSPS) is 11.1. The molecule has 2 aromatic rings. The molecule has 0 aliphatic heterocycles. The van der Waals surface area contributed by atoms with Gasteiger partial charge in [0, 0.05) is 37.5 Å². The van der Waals surface area contributed by atoms with Crippen LogP contribution in [0, 0.1) is 17.0 Å². The molecule has 0 saturated carbocycles. The lowest BCUT2D eigenvalue weighted by atomic mass is 10.2. The number of nitrogens with zero attached hydrogens (tertiary/aromatic N) is 3. The molecule has 0 bridgehead atoms. The molecular formula is C21H28N4O5S. The molecule has 0 aromatic heterocycles. The third-order valence-corrected chi connectivity index (χ3v) is 6.04. The number of benzene rings is 2. The number of aryl methyl sites for hydroxylation is 1. The van der Waals surface area contributed by atoms with E-state index >= 15 is 0 Å². The molecule has 0 unspecified atom stereocenters. The van der Waals surface area contributed by atoms with E-state index in [0.29, 0.717) is 5.56 Å². The van der Waals surface area contributed by atoms with Crippen LogP contribution in [0.1, 0.15) is 25.0 Å². The number of hydrogen-bond acceptors (Lipinski definition) is 6. The summed E-state index contributed by atoms with van der Waals surface area (Å²) in [6, 6.07) is 11.7. The van der Waals surface area contributed by atoms with Gasteiger partial charge in [0.05, 0.1) is 16.9 Å². The van der Waals surface area contributed by atoms with E-state index in [-0.39, 0.29) is 17.9 Å². The van der Waals surface area contributed by atoms with Gasteiger partial charge in [-0.3, -0.25) is 19.2 Å². The molecule has 0 aliphatic rings. The average molecular weight is 449 g/mol. The molecule has 0 spiro atoms. The number of nitrogens with one attached hydrogen (secondary N) is 1. The Balaban J connectivity index is 2.13. The summed E-state index contributed by atoms with van der Waals surface area (Å²) in [5.41, 5.74) is 2.33. The van der Waals surface area contributed by atoms with Crippen LogP contribution in [0.25, 0.3) is 0 Å². The molecule has 1 amide bonds. The fourth-order valence-corrected chi connectivity index (χ4v) is 4.07. The van der Waals surface area contributed by atoms with E-state index in [4.69, 9.17) is 0 Å². The standard InChI is InChI=1S/C21H28N4O5S/c1-5-23(6-2)18-11-8-17(9-12-18)14-22-21(26)15-24(31(4,29)30)20-13-19(25(27)28)10-7-16(20)3/h7-13H,5-6,14-15H2,1-4H3,(H,22,26). The molecule has 2 aromatic carbocycles. The predicted molar refractivity (Wildman–Crippen MR) is 122 cm³/mol. The zero-order valence-electron chi connectivity index (χ0n) is 18.2. The van der Waals surface area contributed by atoms with Crippen LogP contribution in [-0.2, 0) is 21.4 Å². The Hall–Kier alpha value is -3.14. The second kappa shape index (κ2) is 10.3. The fraction of sp³-hybridized carbons (Fsp3) is 0.381. The van der Waals surface area contributed by atoms with E-state index in [1.54, 1.807) is 6.92 Å². The van der Waals surface area contributed by atoms with Crippen LogP contribution in [0.3, 0.4) is 0 Å². The largest absolute Gasteiger partial charge is 0.372 e. The summed E-state index contributed by atoms with van der Waals surface area (Å²) in [6.45, 7) is 7.34. The third kappa shape index (κ3) is 6.42. The first-order chi connectivity index (χ1) is 14.6. The van der Waals surface area contributed by atoms with Crippen molar-refractivity contribution in [3.8, 4) is 0 Å². The fourth-order valence-electron chi connectivity index (χ4n) is 3.16. The number of hydrogen-bond donors (Lipinski definition) is 1. The molecule has 0 atom stereocenters. The summed E-state index contributed by atoms with van der Waals surface area (Å²) < 4.78 is 25.5. The van der Waals surface area contributed by atoms with Crippen molar-refractivity contribution in [3.63, 3.8) is 0 Å². The third-order valence-electron chi connectivity index (χ3n) is 4.91. The summed E-state index contributed by atoms with van der Waals surface area (Å²) in [7, 11) is -3.84. The van der Waals surface area contributed by atoms with Crippen molar-refractivity contribution < 1.29 is 18.1 Å². The van der Waals surface area contributed by atoms with Crippen molar-refractivity contribution in [2.75, 3.05) is 35.1 Å². The molecule has 0 aliphatic carbocycles. The van der Waals surface area contributed by atoms with Crippen LogP contribution in [0.4, 0.5) is 17.1 Å². The van der Waals surface area contributed by atoms with Crippen LogP contribution < -0.4 is 14.5 Å². The molecule has 10 heteroatoms. The highest BCUT2D eigenvalue weighted by Gasteiger charge is 2.24. The molecule has 168 valence electrons. The Labute approximate surface area is 182 Å². The maximum Gasteiger partial charge on any atom is 0.271 e. The number of carbonyl (C=O) groups is 1. The van der Waals surface area contributed by atoms with Crippen molar-refractivity contribution in [1.82, 2.24) is 5.32 Å². The van der Waals surface area contributed by atoms with E-state index in [1.807, 2.05) is 24.3 Å². The maximum atomic E-state index is 12.5. The van der Waals surface area contributed by atoms with Crippen molar-refractivity contribution in [1.29, 1.82) is 0 Å². The molecule has 2 rings (SSSR count). The highest BCUT2D eigenvalue weighted by atomic mass is 32.2. The quantitative estimate of drug-likeness (QED) is 0.442. The van der Waals surface area contributed by atoms with Gasteiger partial charge in [-0.15, -0.1) is 0 Å². The van der Waals surface area contributed by atoms with Crippen LogP contribution in [-0.4, -0.2) is 45.1 Å². The summed E-state index contributed by atoms with van der Waals surface area (Å²) in [5.74, 6) is -0.510. The number of carbonyl (C=O) groups excluding carboxylic acids is 1. The Kier molecular flexibility index (Phi) is 7.98. The van der Waals surface area contributed by atoms with Crippen molar-refractivity contribution in [2.45, 2.75) is 27.3 Å². The molecule has 1 N–H and O–H groups in total. The second-order valence-corrected chi connectivity index (χ2v) is 9.02. The van der Waals surface area contributed by atoms with Crippen LogP contribution in [0.15, 0.2) is 42.5 Å². The van der Waals surface area contributed by atoms with E-state index < -0.39 is 27.4 Å². The minimum atomic E-state index is -3.84. The Bertz CT molecular complexity index is 1030. The van der Waals surface area contributed by atoms with Gasteiger partial charge in [-0.05, 0) is 44.0 Å². The van der Waals surface area contributed by atoms with Crippen molar-refractivity contribution >= 4 is 33.0 Å². The van der Waals surface area contributed by atoms with Gasteiger partial charge in [-0.2, -0.15) is 0 Å². The van der Waals surface area contributed by atoms with Crippen molar-refractivity contribution in [2.24, 2.45) is 0 Å². The van der Waals surface area contributed by atoms with E-state index in [0.717, 1.165) is 41.0 Å². The van der Waals surface area contributed by atoms with E-state index in [2.05, 4.69) is 24.1 Å². The number of sulfonamides is 1. The van der Waals surface area contributed by atoms with Gasteiger partial charge in [0.2, 0.25) is 15.9 Å². The number of nitro groups is 1. The first-order valence-electron chi connectivity index (χ1n) is 9.90. The number of non-ortho nitro benzene ring substituents is 1. The van der Waals surface area contributed by atoms with Gasteiger partial charge in [-0.25, -0.2) is 8.42 Å². The van der Waals surface area contributed by atoms with Gasteiger partial charge >= 0.3 is 0 Å². The Morgan fingerprint density at radius 3 is 2.23 bits per heavy atom. The van der Waals surface area contributed by atoms with E-state index in [9.17, 15) is 23.3 Å². The number of rotatable bonds is 10. The van der Waals surface area contributed by atoms with Gasteiger partial charge in [0.15, 0.2) is 0 Å². The predicted octanol–water partition coefficient (Wildman–Crippen LogP) is 2.83. The van der Waals surface area contributed by atoms with Gasteiger partial charge < -0.3 is 10.2 Å². The molecule has 9 nitrogen and oxygen atoms in total. The first kappa shape index (κ1) is 24.1. The van der Waals surface area contributed by atoms with E-state index in [1.165, 1.54) is 12.1 Å². The minimum absolute atomic E-state index is 0.107. The first-order valence-corrected chi connectivity index (χ1v) is 11.7. The van der Waals surface area contributed by atoms with Crippen molar-refractivity contribution in [3.05, 3.63) is 63.7 Å². The molecule has 0 fully saturated rings. The lowest BCUT2D eigenvalue weighted by Crippen LogP contribution is -2.40. The second-order valence-electron chi connectivity index (χ2n) is 7.11. The number of amides is 1. The SMILES string of the molecule is CCN(CC)c1ccc(CNC(=O)CN(c2cc([N+](=O)[O-])ccc2C)S(C)(=O)=O)cc1. The summed E-state index contributed by atoms with van der Waals surface area (Å²) in [4.78, 5) is 25.2. The van der Waals surface area contributed by atoms with Gasteiger partial charge in [-0.1, -0.05) is 18.2 Å². The molecule has 0 saturated heterocycles. The molecule has 0 heterocycles. The van der Waals surface area contributed by atoms with Crippen LogP contribution >= 0.6 is 0 Å². The highest BCUT2D eigenvalue weighted by molar-refractivity contribution is 7.92. The highest BCUT2D eigenvalue weighted by Crippen LogP contribution is 2.27. The summed E-state index contributed by atoms with van der Waals surface area (Å²) in [6.07, 6.45) is 0.963. The Morgan fingerprint density at radius 2 is 1.71 bits per heavy atom. The zero-order chi connectivity index (χ0) is 23.2.